The molecule has 7 aromatic rings. The predicted octanol–water partition coefficient (Wildman–Crippen LogP) is 10.1. The Morgan fingerprint density at radius 2 is 1.22 bits per heavy atom. The summed E-state index contributed by atoms with van der Waals surface area (Å²) in [5.41, 5.74) is 4.29. The van der Waals surface area contributed by atoms with Gasteiger partial charge in [-0.2, -0.15) is 0 Å². The molecule has 0 saturated carbocycles. The van der Waals surface area contributed by atoms with E-state index in [9.17, 15) is 0 Å². The van der Waals surface area contributed by atoms with Crippen molar-refractivity contribution in [1.29, 1.82) is 0 Å². The van der Waals surface area contributed by atoms with Crippen molar-refractivity contribution >= 4 is 61.2 Å². The van der Waals surface area contributed by atoms with Crippen molar-refractivity contribution in [3.63, 3.8) is 0 Å². The van der Waals surface area contributed by atoms with Crippen molar-refractivity contribution in [2.45, 2.75) is 0 Å². The van der Waals surface area contributed by atoms with Gasteiger partial charge in [0.25, 0.3) is 0 Å². The summed E-state index contributed by atoms with van der Waals surface area (Å²) in [7, 11) is 0. The number of rotatable bonds is 4. The molecule has 0 spiro atoms. The van der Waals surface area contributed by atoms with Gasteiger partial charge in [-0.25, -0.2) is 0 Å². The number of aromatic nitrogens is 1. The molecule has 176 valence electrons. The zero-order valence-corrected chi connectivity index (χ0v) is 20.4. The minimum Gasteiger partial charge on any atom is -0.310 e. The molecule has 0 amide bonds. The number of benzene rings is 6. The van der Waals surface area contributed by atoms with Crippen LogP contribution in [-0.2, 0) is 0 Å². The molecular weight excluding hydrogens is 472 g/mol. The molecule has 1 aromatic heterocycles. The Labute approximate surface area is 227 Å². The summed E-state index contributed by atoms with van der Waals surface area (Å²) >= 11 is 6.22. The van der Waals surface area contributed by atoms with Crippen molar-refractivity contribution in [1.82, 2.24) is 4.57 Å². The number of nitrogens with zero attached hydrogens (tertiary/aromatic N) is 2. The Kier molecular flexibility index (Phi) is 4.07. The molecule has 0 aliphatic heterocycles. The maximum Gasteiger partial charge on any atom is 0.0645 e. The standard InChI is InChI=1S/C34H23ClN2/c35-26-15-17-29(18-16-26)36(27-11-3-1-4-12-27)30-19-20-31-32-21-24-9-7-8-10-25(24)22-33(32)37(34(31)23-30)28-13-5-2-6-14-28/h1-23H/i1D,3D,4D,11D,12D. The molecule has 0 atom stereocenters. The van der Waals surface area contributed by atoms with E-state index in [4.69, 9.17) is 18.5 Å². The van der Waals surface area contributed by atoms with E-state index in [1.807, 2.05) is 48.5 Å². The van der Waals surface area contributed by atoms with Gasteiger partial charge in [-0.1, -0.05) is 78.3 Å². The van der Waals surface area contributed by atoms with Crippen molar-refractivity contribution in [2.75, 3.05) is 4.90 Å². The van der Waals surface area contributed by atoms with E-state index < -0.39 is 18.1 Å². The average molecular weight is 500 g/mol. The minimum atomic E-state index is -0.434. The third kappa shape index (κ3) is 3.74. The van der Waals surface area contributed by atoms with Gasteiger partial charge in [0.05, 0.1) is 17.9 Å². The van der Waals surface area contributed by atoms with E-state index in [1.165, 1.54) is 0 Å². The number of para-hydroxylation sites is 2. The SMILES string of the molecule is [2H]c1c([2H])c([2H])c(N(c2ccc(Cl)cc2)c2ccc3c4cc5ccccc5cc4n(-c4ccccc4)c3c2)c([2H])c1[2H]. The van der Waals surface area contributed by atoms with Crippen LogP contribution in [0, 0.1) is 0 Å². The summed E-state index contributed by atoms with van der Waals surface area (Å²) in [6.07, 6.45) is 0. The summed E-state index contributed by atoms with van der Waals surface area (Å²) in [5, 5.41) is 4.95. The van der Waals surface area contributed by atoms with Gasteiger partial charge in [0.2, 0.25) is 0 Å². The zero-order chi connectivity index (χ0) is 29.1. The fourth-order valence-electron chi connectivity index (χ4n) is 5.04. The fourth-order valence-corrected chi connectivity index (χ4v) is 5.16. The van der Waals surface area contributed by atoms with E-state index in [0.29, 0.717) is 16.4 Å². The Morgan fingerprint density at radius 3 is 1.97 bits per heavy atom. The Morgan fingerprint density at radius 1 is 0.568 bits per heavy atom. The Hall–Kier alpha value is -4.53. The molecular formula is C34H23ClN2. The molecule has 0 radical (unpaired) electrons. The van der Waals surface area contributed by atoms with Crippen LogP contribution in [0.15, 0.2) is 139 Å². The molecule has 1 heterocycles. The lowest BCUT2D eigenvalue weighted by Gasteiger charge is -2.25. The number of hydrogen-bond donors (Lipinski definition) is 0. The zero-order valence-electron chi connectivity index (χ0n) is 24.7. The molecule has 0 saturated heterocycles. The molecule has 6 aromatic carbocycles. The first-order valence-electron chi connectivity index (χ1n) is 14.5. The summed E-state index contributed by atoms with van der Waals surface area (Å²) in [6, 6.07) is 34.0. The lowest BCUT2D eigenvalue weighted by atomic mass is 10.1. The molecule has 0 bridgehead atoms. The molecule has 0 unspecified atom stereocenters. The normalized spacial score (nSPS) is 13.3. The van der Waals surface area contributed by atoms with Crippen molar-refractivity contribution in [3.8, 4) is 5.69 Å². The molecule has 0 aliphatic rings. The highest BCUT2D eigenvalue weighted by Crippen LogP contribution is 2.40. The smallest absolute Gasteiger partial charge is 0.0645 e. The second kappa shape index (κ2) is 8.85. The number of halogens is 1. The van der Waals surface area contributed by atoms with Crippen LogP contribution in [0.1, 0.15) is 6.85 Å². The maximum atomic E-state index is 8.77. The fraction of sp³-hybridized carbons (Fsp3) is 0. The van der Waals surface area contributed by atoms with Crippen molar-refractivity contribution in [2.24, 2.45) is 0 Å². The van der Waals surface area contributed by atoms with Gasteiger partial charge < -0.3 is 9.47 Å². The highest BCUT2D eigenvalue weighted by molar-refractivity contribution is 6.30. The quantitative estimate of drug-likeness (QED) is 0.234. The van der Waals surface area contributed by atoms with Crippen LogP contribution in [0.3, 0.4) is 0 Å². The highest BCUT2D eigenvalue weighted by Gasteiger charge is 2.17. The summed E-state index contributed by atoms with van der Waals surface area (Å²) in [5.74, 6) is 0. The lowest BCUT2D eigenvalue weighted by Crippen LogP contribution is -2.09. The number of fused-ring (bicyclic) bond motifs is 4. The number of hydrogen-bond acceptors (Lipinski definition) is 1. The van der Waals surface area contributed by atoms with Crippen LogP contribution >= 0.6 is 11.6 Å². The van der Waals surface area contributed by atoms with Crippen molar-refractivity contribution < 1.29 is 6.85 Å². The molecule has 3 heteroatoms. The summed E-state index contributed by atoms with van der Waals surface area (Å²) in [4.78, 5) is 1.71. The van der Waals surface area contributed by atoms with Crippen LogP contribution in [0.5, 0.6) is 0 Å². The molecule has 0 N–H and O–H groups in total. The molecule has 2 nitrogen and oxygen atoms in total. The second-order valence-electron chi connectivity index (χ2n) is 8.87. The summed E-state index contributed by atoms with van der Waals surface area (Å²) < 4.78 is 44.6. The Bertz CT molecular complexity index is 2130. The average Bonchev–Trinajstić information content (AvgIpc) is 3.33. The Balaban J connectivity index is 1.58. The van der Waals surface area contributed by atoms with E-state index >= 15 is 0 Å². The number of anilines is 3. The largest absolute Gasteiger partial charge is 0.310 e. The monoisotopic (exact) mass is 499 g/mol. The molecule has 7 rings (SSSR count). The van der Waals surface area contributed by atoms with E-state index in [0.717, 1.165) is 38.3 Å². The molecule has 0 fully saturated rings. The molecule has 37 heavy (non-hydrogen) atoms. The van der Waals surface area contributed by atoms with Gasteiger partial charge in [-0.05, 0) is 83.5 Å². The van der Waals surface area contributed by atoms with Crippen LogP contribution in [0.2, 0.25) is 5.02 Å². The first kappa shape index (κ1) is 17.0. The third-order valence-electron chi connectivity index (χ3n) is 6.69. The van der Waals surface area contributed by atoms with Crippen LogP contribution in [0.25, 0.3) is 38.3 Å². The lowest BCUT2D eigenvalue weighted by molar-refractivity contribution is 1.18. The third-order valence-corrected chi connectivity index (χ3v) is 6.94. The van der Waals surface area contributed by atoms with Gasteiger partial charge in [-0.3, -0.25) is 0 Å². The first-order valence-corrected chi connectivity index (χ1v) is 12.4. The van der Waals surface area contributed by atoms with Crippen LogP contribution in [0.4, 0.5) is 17.1 Å². The highest BCUT2D eigenvalue weighted by atomic mass is 35.5. The van der Waals surface area contributed by atoms with E-state index in [1.54, 1.807) is 29.2 Å². The maximum absolute atomic E-state index is 8.77. The van der Waals surface area contributed by atoms with Gasteiger partial charge in [0.1, 0.15) is 0 Å². The van der Waals surface area contributed by atoms with Crippen LogP contribution in [-0.4, -0.2) is 4.57 Å². The topological polar surface area (TPSA) is 8.17 Å². The van der Waals surface area contributed by atoms with E-state index in [2.05, 4.69) is 41.0 Å². The minimum absolute atomic E-state index is 0.0655. The summed E-state index contributed by atoms with van der Waals surface area (Å²) in [6.45, 7) is 0. The molecule has 0 aliphatic carbocycles. The van der Waals surface area contributed by atoms with Crippen molar-refractivity contribution in [3.05, 3.63) is 144 Å². The van der Waals surface area contributed by atoms with Gasteiger partial charge in [0.15, 0.2) is 0 Å². The first-order chi connectivity index (χ1) is 20.3. The second-order valence-corrected chi connectivity index (χ2v) is 9.31. The predicted molar refractivity (Wildman–Crippen MR) is 158 cm³/mol. The van der Waals surface area contributed by atoms with Gasteiger partial charge in [0, 0.05) is 38.5 Å². The van der Waals surface area contributed by atoms with Gasteiger partial charge in [-0.15, -0.1) is 0 Å². The van der Waals surface area contributed by atoms with Gasteiger partial charge >= 0.3 is 0 Å². The van der Waals surface area contributed by atoms with Crippen LogP contribution < -0.4 is 4.90 Å². The van der Waals surface area contributed by atoms with E-state index in [-0.39, 0.29) is 17.8 Å².